The summed E-state index contributed by atoms with van der Waals surface area (Å²) in [5.74, 6) is -0.113. The van der Waals surface area contributed by atoms with E-state index < -0.39 is 37.2 Å². The molecule has 2 aliphatic heterocycles. The number of aliphatic hydroxyl groups is 3. The van der Waals surface area contributed by atoms with Gasteiger partial charge in [0.15, 0.2) is 12.0 Å². The van der Waals surface area contributed by atoms with Crippen LogP contribution in [0.15, 0.2) is 0 Å². The van der Waals surface area contributed by atoms with E-state index in [0.717, 1.165) is 4.90 Å². The van der Waals surface area contributed by atoms with Gasteiger partial charge in [-0.05, 0) is 0 Å². The number of rotatable bonds is 2. The molecule has 0 spiro atoms. The highest BCUT2D eigenvalue weighted by atomic mass is 16.6. The van der Waals surface area contributed by atoms with Gasteiger partial charge in [0.2, 0.25) is 0 Å². The standard InChI is InChI=1S/C10H16N2O6/c13-4-6-7(15)8(16)9(18-6)12-2-1-5(14)3-11-10(12)17/h6-9,13,15-16H,1-4H2,(H,11,17). The highest BCUT2D eigenvalue weighted by Crippen LogP contribution is 2.24. The van der Waals surface area contributed by atoms with E-state index in [1.54, 1.807) is 0 Å². The summed E-state index contributed by atoms with van der Waals surface area (Å²) in [6.07, 6.45) is -4.39. The molecule has 2 amide bonds. The van der Waals surface area contributed by atoms with Crippen LogP contribution in [0.1, 0.15) is 6.42 Å². The smallest absolute Gasteiger partial charge is 0.319 e. The van der Waals surface area contributed by atoms with Crippen molar-refractivity contribution in [1.29, 1.82) is 0 Å². The van der Waals surface area contributed by atoms with Crippen LogP contribution in [-0.4, -0.2) is 76.3 Å². The fourth-order valence-corrected chi connectivity index (χ4v) is 2.09. The Morgan fingerprint density at radius 2 is 2.06 bits per heavy atom. The molecule has 8 heteroatoms. The van der Waals surface area contributed by atoms with Crippen LogP contribution < -0.4 is 5.32 Å². The highest BCUT2D eigenvalue weighted by molar-refractivity contribution is 5.87. The average molecular weight is 260 g/mol. The van der Waals surface area contributed by atoms with Gasteiger partial charge in [-0.3, -0.25) is 9.69 Å². The summed E-state index contributed by atoms with van der Waals surface area (Å²) < 4.78 is 5.24. The van der Waals surface area contributed by atoms with Gasteiger partial charge in [-0.15, -0.1) is 0 Å². The third-order valence-electron chi connectivity index (χ3n) is 3.15. The maximum absolute atomic E-state index is 11.7. The van der Waals surface area contributed by atoms with Gasteiger partial charge in [0.1, 0.15) is 18.3 Å². The third kappa shape index (κ3) is 2.32. The molecule has 0 aliphatic carbocycles. The van der Waals surface area contributed by atoms with E-state index in [1.165, 1.54) is 0 Å². The van der Waals surface area contributed by atoms with Gasteiger partial charge in [0.05, 0.1) is 13.2 Å². The second-order valence-electron chi connectivity index (χ2n) is 4.37. The molecule has 8 nitrogen and oxygen atoms in total. The minimum atomic E-state index is -1.30. The number of ketones is 1. The van der Waals surface area contributed by atoms with Crippen LogP contribution in [0.3, 0.4) is 0 Å². The molecule has 0 aromatic heterocycles. The molecule has 4 atom stereocenters. The van der Waals surface area contributed by atoms with E-state index in [9.17, 15) is 19.8 Å². The van der Waals surface area contributed by atoms with Crippen LogP contribution in [0.5, 0.6) is 0 Å². The van der Waals surface area contributed by atoms with E-state index in [2.05, 4.69) is 5.32 Å². The average Bonchev–Trinajstić information content (AvgIpc) is 2.53. The molecule has 0 saturated carbocycles. The Bertz CT molecular complexity index is 349. The lowest BCUT2D eigenvalue weighted by atomic mass is 10.1. The van der Waals surface area contributed by atoms with Crippen molar-refractivity contribution in [3.8, 4) is 0 Å². The molecule has 2 aliphatic rings. The predicted octanol–water partition coefficient (Wildman–Crippen LogP) is -2.59. The normalized spacial score (nSPS) is 37.6. The summed E-state index contributed by atoms with van der Waals surface area (Å²) in [7, 11) is 0. The molecule has 2 saturated heterocycles. The number of hydrogen-bond donors (Lipinski definition) is 4. The van der Waals surface area contributed by atoms with Gasteiger partial charge >= 0.3 is 6.03 Å². The van der Waals surface area contributed by atoms with Crippen molar-refractivity contribution in [2.24, 2.45) is 0 Å². The number of nitrogens with zero attached hydrogens (tertiary/aromatic N) is 1. The number of nitrogens with one attached hydrogen (secondary N) is 1. The van der Waals surface area contributed by atoms with Crippen molar-refractivity contribution < 1.29 is 29.6 Å². The number of Topliss-reactive ketones (excluding diaryl/α,β-unsaturated/α-hetero) is 1. The van der Waals surface area contributed by atoms with Gasteiger partial charge in [-0.1, -0.05) is 0 Å². The quantitative estimate of drug-likeness (QED) is 0.432. The third-order valence-corrected chi connectivity index (χ3v) is 3.15. The Kier molecular flexibility index (Phi) is 3.81. The molecule has 0 aromatic rings. The molecule has 102 valence electrons. The minimum Gasteiger partial charge on any atom is -0.394 e. The SMILES string of the molecule is O=C1CCN(C2OC(CO)C(O)C2O)C(=O)NC1. The summed E-state index contributed by atoms with van der Waals surface area (Å²) in [5, 5.41) is 30.8. The first kappa shape index (κ1) is 13.2. The summed E-state index contributed by atoms with van der Waals surface area (Å²) in [5.41, 5.74) is 0. The van der Waals surface area contributed by atoms with Crippen LogP contribution in [0.25, 0.3) is 0 Å². The van der Waals surface area contributed by atoms with Crippen molar-refractivity contribution in [1.82, 2.24) is 10.2 Å². The van der Waals surface area contributed by atoms with Gasteiger partial charge in [-0.2, -0.15) is 0 Å². The molecule has 0 radical (unpaired) electrons. The highest BCUT2D eigenvalue weighted by Gasteiger charge is 2.46. The molecule has 0 aromatic carbocycles. The molecule has 0 bridgehead atoms. The van der Waals surface area contributed by atoms with Crippen LogP contribution in [0.2, 0.25) is 0 Å². The molecule has 2 rings (SSSR count). The Morgan fingerprint density at radius 3 is 2.67 bits per heavy atom. The van der Waals surface area contributed by atoms with Gasteiger partial charge in [-0.25, -0.2) is 4.79 Å². The first-order chi connectivity index (χ1) is 8.54. The zero-order chi connectivity index (χ0) is 13.3. The number of urea groups is 1. The summed E-state index contributed by atoms with van der Waals surface area (Å²) in [4.78, 5) is 24.1. The zero-order valence-corrected chi connectivity index (χ0v) is 9.65. The molecule has 18 heavy (non-hydrogen) atoms. The van der Waals surface area contributed by atoms with E-state index in [0.29, 0.717) is 0 Å². The van der Waals surface area contributed by atoms with Crippen LogP contribution in [-0.2, 0) is 9.53 Å². The van der Waals surface area contributed by atoms with Crippen molar-refractivity contribution in [2.75, 3.05) is 19.7 Å². The van der Waals surface area contributed by atoms with E-state index in [1.807, 2.05) is 0 Å². The number of aliphatic hydroxyl groups excluding tert-OH is 3. The molecular weight excluding hydrogens is 244 g/mol. The maximum Gasteiger partial charge on any atom is 0.319 e. The van der Waals surface area contributed by atoms with Crippen molar-refractivity contribution in [3.63, 3.8) is 0 Å². The Morgan fingerprint density at radius 1 is 1.33 bits per heavy atom. The Balaban J connectivity index is 2.10. The van der Waals surface area contributed by atoms with Crippen molar-refractivity contribution >= 4 is 11.8 Å². The van der Waals surface area contributed by atoms with E-state index in [4.69, 9.17) is 9.84 Å². The molecular formula is C10H16N2O6. The summed E-state index contributed by atoms with van der Waals surface area (Å²) in [6.45, 7) is -0.398. The zero-order valence-electron chi connectivity index (χ0n) is 9.65. The lowest BCUT2D eigenvalue weighted by molar-refractivity contribution is -0.118. The topological polar surface area (TPSA) is 119 Å². The number of hydrogen-bond acceptors (Lipinski definition) is 6. The molecule has 4 unspecified atom stereocenters. The van der Waals surface area contributed by atoms with Crippen LogP contribution in [0, 0.1) is 0 Å². The Hall–Kier alpha value is -1.22. The number of carbonyl (C=O) groups is 2. The fourth-order valence-electron chi connectivity index (χ4n) is 2.09. The molecule has 2 fully saturated rings. The first-order valence-electron chi connectivity index (χ1n) is 5.73. The summed E-state index contributed by atoms with van der Waals surface area (Å²) >= 11 is 0. The fraction of sp³-hybridized carbons (Fsp3) is 0.800. The van der Waals surface area contributed by atoms with Crippen molar-refractivity contribution in [2.45, 2.75) is 31.0 Å². The largest absolute Gasteiger partial charge is 0.394 e. The van der Waals surface area contributed by atoms with E-state index >= 15 is 0 Å². The first-order valence-corrected chi connectivity index (χ1v) is 5.73. The number of amides is 2. The van der Waals surface area contributed by atoms with Crippen LogP contribution >= 0.6 is 0 Å². The van der Waals surface area contributed by atoms with Gasteiger partial charge in [0.25, 0.3) is 0 Å². The Labute approximate surface area is 103 Å². The molecule has 2 heterocycles. The second-order valence-corrected chi connectivity index (χ2v) is 4.37. The van der Waals surface area contributed by atoms with Gasteiger partial charge < -0.3 is 25.4 Å². The maximum atomic E-state index is 11.7. The summed E-state index contributed by atoms with van der Waals surface area (Å²) in [6, 6.07) is -0.532. The second kappa shape index (κ2) is 5.19. The lowest BCUT2D eigenvalue weighted by Crippen LogP contribution is -2.50. The van der Waals surface area contributed by atoms with Gasteiger partial charge in [0, 0.05) is 13.0 Å². The van der Waals surface area contributed by atoms with Crippen molar-refractivity contribution in [3.05, 3.63) is 0 Å². The minimum absolute atomic E-state index is 0.0515. The monoisotopic (exact) mass is 260 g/mol. The van der Waals surface area contributed by atoms with E-state index in [-0.39, 0.29) is 25.3 Å². The lowest BCUT2D eigenvalue weighted by Gasteiger charge is -2.28. The van der Waals surface area contributed by atoms with Crippen LogP contribution in [0.4, 0.5) is 4.79 Å². The predicted molar refractivity (Wildman–Crippen MR) is 57.5 cm³/mol. The number of ether oxygens (including phenoxy) is 1. The number of carbonyl (C=O) groups excluding carboxylic acids is 2. The molecule has 4 N–H and O–H groups in total.